The summed E-state index contributed by atoms with van der Waals surface area (Å²) in [6.07, 6.45) is 10.7. The third kappa shape index (κ3) is 5.25. The highest BCUT2D eigenvalue weighted by Gasteiger charge is 2.39. The molecule has 0 amide bonds. The number of aliphatic hydroxyl groups is 1. The maximum Gasteiger partial charge on any atom is 0.335 e. The molecule has 3 N–H and O–H groups in total. The topological polar surface area (TPSA) is 108 Å². The van der Waals surface area contributed by atoms with Gasteiger partial charge in [0.15, 0.2) is 0 Å². The van der Waals surface area contributed by atoms with Gasteiger partial charge in [0, 0.05) is 12.4 Å². The molecule has 8 heteroatoms. The van der Waals surface area contributed by atoms with Crippen LogP contribution in [0.4, 0.5) is 11.6 Å². The van der Waals surface area contributed by atoms with Crippen LogP contribution in [0.3, 0.4) is 0 Å². The van der Waals surface area contributed by atoms with E-state index in [-0.39, 0.29) is 5.56 Å². The average molecular weight is 555 g/mol. The molecule has 0 radical (unpaired) electrons. The van der Waals surface area contributed by atoms with Crippen molar-refractivity contribution in [2.24, 2.45) is 5.92 Å². The molecule has 2 aliphatic carbocycles. The Morgan fingerprint density at radius 2 is 1.95 bits per heavy atom. The van der Waals surface area contributed by atoms with Crippen molar-refractivity contribution in [2.75, 3.05) is 5.32 Å². The molecule has 3 heterocycles. The molecular weight excluding hydrogens is 520 g/mol. The SMILES string of the molecule is Cc1cc(Nc2cc(C3CCCC(C)C3)ccn2)nc(-c2cnc(C3(O)CCCc4cc(C(=O)O)ccc43)s2)c1. The van der Waals surface area contributed by atoms with Gasteiger partial charge in [-0.2, -0.15) is 0 Å². The second kappa shape index (κ2) is 10.7. The lowest BCUT2D eigenvalue weighted by Crippen LogP contribution is -2.32. The monoisotopic (exact) mass is 554 g/mol. The summed E-state index contributed by atoms with van der Waals surface area (Å²) in [6.45, 7) is 4.38. The number of nitrogens with one attached hydrogen (secondary N) is 1. The van der Waals surface area contributed by atoms with Gasteiger partial charge in [0.2, 0.25) is 0 Å². The Morgan fingerprint density at radius 3 is 2.77 bits per heavy atom. The van der Waals surface area contributed by atoms with E-state index in [4.69, 9.17) is 4.98 Å². The molecule has 1 saturated carbocycles. The summed E-state index contributed by atoms with van der Waals surface area (Å²) in [5.41, 5.74) is 3.76. The number of carbonyl (C=O) groups is 1. The molecule has 2 aliphatic rings. The van der Waals surface area contributed by atoms with Crippen molar-refractivity contribution in [1.82, 2.24) is 15.0 Å². The van der Waals surface area contributed by atoms with Crippen LogP contribution in [0.2, 0.25) is 0 Å². The third-order valence-corrected chi connectivity index (χ3v) is 9.48. The highest BCUT2D eigenvalue weighted by molar-refractivity contribution is 7.15. The lowest BCUT2D eigenvalue weighted by molar-refractivity contribution is 0.0607. The summed E-state index contributed by atoms with van der Waals surface area (Å²) < 4.78 is 0. The van der Waals surface area contributed by atoms with E-state index < -0.39 is 11.6 Å². The number of aromatic nitrogens is 3. The Hall–Kier alpha value is -3.62. The van der Waals surface area contributed by atoms with Crippen LogP contribution in [-0.4, -0.2) is 31.1 Å². The molecule has 6 rings (SSSR count). The van der Waals surface area contributed by atoms with Gasteiger partial charge in [-0.05, 0) is 110 Å². The molecule has 3 aromatic heterocycles. The largest absolute Gasteiger partial charge is 0.478 e. The number of thiazole rings is 1. The number of aryl methyl sites for hydroxylation is 2. The number of nitrogens with zero attached hydrogens (tertiary/aromatic N) is 3. The van der Waals surface area contributed by atoms with Crippen LogP contribution in [0, 0.1) is 12.8 Å². The average Bonchev–Trinajstić information content (AvgIpc) is 3.44. The van der Waals surface area contributed by atoms with Crippen LogP contribution in [0.25, 0.3) is 10.6 Å². The van der Waals surface area contributed by atoms with Crippen molar-refractivity contribution in [3.63, 3.8) is 0 Å². The number of benzene rings is 1. The van der Waals surface area contributed by atoms with Crippen molar-refractivity contribution >= 4 is 28.9 Å². The van der Waals surface area contributed by atoms with Crippen LogP contribution >= 0.6 is 11.3 Å². The number of anilines is 2. The standard InChI is InChI=1S/C32H34N4O3S/c1-19-5-3-6-21(13-19)22-10-12-33-28(17-22)36-29-15-20(2)14-26(35-29)27-18-34-31(40-27)32(39)11-4-7-23-16-24(30(37)38)8-9-25(23)32/h8-10,12,14-19,21,39H,3-7,11,13H2,1-2H3,(H,37,38)(H,33,35,36). The first kappa shape index (κ1) is 26.6. The molecule has 1 fully saturated rings. The van der Waals surface area contributed by atoms with Gasteiger partial charge >= 0.3 is 5.97 Å². The van der Waals surface area contributed by atoms with Gasteiger partial charge in [-0.25, -0.2) is 19.7 Å². The van der Waals surface area contributed by atoms with Gasteiger partial charge in [0.25, 0.3) is 0 Å². The Morgan fingerprint density at radius 1 is 1.07 bits per heavy atom. The lowest BCUT2D eigenvalue weighted by atomic mass is 9.79. The Kier molecular flexibility index (Phi) is 7.15. The van der Waals surface area contributed by atoms with Crippen LogP contribution in [0.15, 0.2) is 54.9 Å². The van der Waals surface area contributed by atoms with Gasteiger partial charge in [0.1, 0.15) is 22.2 Å². The van der Waals surface area contributed by atoms with Crippen molar-refractivity contribution < 1.29 is 15.0 Å². The number of rotatable bonds is 6. The number of hydrogen-bond acceptors (Lipinski definition) is 7. The Balaban J connectivity index is 1.26. The third-order valence-electron chi connectivity index (χ3n) is 8.31. The Labute approximate surface area is 238 Å². The fourth-order valence-electron chi connectivity index (χ4n) is 6.31. The number of carboxylic acids is 1. The summed E-state index contributed by atoms with van der Waals surface area (Å²) >= 11 is 1.43. The van der Waals surface area contributed by atoms with Crippen LogP contribution in [-0.2, 0) is 12.0 Å². The van der Waals surface area contributed by atoms with Gasteiger partial charge in [-0.1, -0.05) is 25.8 Å². The van der Waals surface area contributed by atoms with E-state index in [0.717, 1.165) is 57.7 Å². The number of hydrogen-bond donors (Lipinski definition) is 3. The van der Waals surface area contributed by atoms with Gasteiger partial charge in [-0.3, -0.25) is 0 Å². The predicted molar refractivity (Wildman–Crippen MR) is 157 cm³/mol. The van der Waals surface area contributed by atoms with Crippen molar-refractivity contribution in [3.8, 4) is 10.6 Å². The molecule has 0 spiro atoms. The molecule has 40 heavy (non-hydrogen) atoms. The summed E-state index contributed by atoms with van der Waals surface area (Å²) in [7, 11) is 0. The van der Waals surface area contributed by atoms with E-state index in [1.165, 1.54) is 42.6 Å². The molecule has 1 aromatic carbocycles. The predicted octanol–water partition coefficient (Wildman–Crippen LogP) is 7.22. The maximum atomic E-state index is 11.8. The zero-order valence-corrected chi connectivity index (χ0v) is 23.7. The maximum absolute atomic E-state index is 11.8. The summed E-state index contributed by atoms with van der Waals surface area (Å²) in [5.74, 6) is 1.88. The van der Waals surface area contributed by atoms with E-state index in [9.17, 15) is 15.0 Å². The fourth-order valence-corrected chi connectivity index (χ4v) is 7.32. The van der Waals surface area contributed by atoms with E-state index >= 15 is 0 Å². The van der Waals surface area contributed by atoms with E-state index in [1.54, 1.807) is 24.4 Å². The van der Waals surface area contributed by atoms with E-state index in [0.29, 0.717) is 17.3 Å². The first-order valence-electron chi connectivity index (χ1n) is 14.1. The van der Waals surface area contributed by atoms with Crippen molar-refractivity contribution in [3.05, 3.63) is 87.7 Å². The van der Waals surface area contributed by atoms with Gasteiger partial charge < -0.3 is 15.5 Å². The molecule has 3 unspecified atom stereocenters. The normalized spacial score (nSPS) is 22.5. The minimum atomic E-state index is -1.25. The highest BCUT2D eigenvalue weighted by Crippen LogP contribution is 2.44. The second-order valence-corrected chi connectivity index (χ2v) is 12.4. The van der Waals surface area contributed by atoms with Crippen LogP contribution in [0.5, 0.6) is 0 Å². The molecule has 0 saturated heterocycles. The number of pyridine rings is 2. The molecular formula is C32H34N4O3S. The van der Waals surface area contributed by atoms with Crippen molar-refractivity contribution in [1.29, 1.82) is 0 Å². The van der Waals surface area contributed by atoms with Crippen molar-refractivity contribution in [2.45, 2.75) is 70.3 Å². The summed E-state index contributed by atoms with van der Waals surface area (Å²) in [6, 6.07) is 13.3. The summed E-state index contributed by atoms with van der Waals surface area (Å²) in [5, 5.41) is 25.2. The molecule has 7 nitrogen and oxygen atoms in total. The number of fused-ring (bicyclic) bond motifs is 1. The molecule has 0 bridgehead atoms. The molecule has 3 atom stereocenters. The van der Waals surface area contributed by atoms with E-state index in [1.807, 2.05) is 25.3 Å². The van der Waals surface area contributed by atoms with E-state index in [2.05, 4.69) is 34.3 Å². The van der Waals surface area contributed by atoms with Gasteiger partial charge in [-0.15, -0.1) is 11.3 Å². The zero-order valence-electron chi connectivity index (χ0n) is 22.9. The van der Waals surface area contributed by atoms with Crippen LogP contribution < -0.4 is 5.32 Å². The highest BCUT2D eigenvalue weighted by atomic mass is 32.1. The smallest absolute Gasteiger partial charge is 0.335 e. The van der Waals surface area contributed by atoms with Crippen LogP contribution in [0.1, 0.15) is 89.0 Å². The molecule has 0 aliphatic heterocycles. The minimum absolute atomic E-state index is 0.236. The molecule has 206 valence electrons. The number of aromatic carboxylic acids is 1. The summed E-state index contributed by atoms with van der Waals surface area (Å²) in [4.78, 5) is 26.4. The molecule has 4 aromatic rings. The minimum Gasteiger partial charge on any atom is -0.478 e. The quantitative estimate of drug-likeness (QED) is 0.231. The first-order chi connectivity index (χ1) is 19.3. The second-order valence-electron chi connectivity index (χ2n) is 11.4. The number of carboxylic acid groups (broad SMARTS) is 1. The Bertz CT molecular complexity index is 1570. The van der Waals surface area contributed by atoms with Gasteiger partial charge in [0.05, 0.1) is 16.1 Å². The first-order valence-corrected chi connectivity index (χ1v) is 14.9. The lowest BCUT2D eigenvalue weighted by Gasteiger charge is -2.33. The fraction of sp³-hybridized carbons (Fsp3) is 0.375. The zero-order chi connectivity index (χ0) is 27.9.